The number of aryl methyl sites for hydroxylation is 1. The van der Waals surface area contributed by atoms with Crippen molar-refractivity contribution in [3.8, 4) is 0 Å². The zero-order valence-corrected chi connectivity index (χ0v) is 12.0. The highest BCUT2D eigenvalue weighted by atomic mass is 32.2. The van der Waals surface area contributed by atoms with Gasteiger partial charge in [0.15, 0.2) is 5.11 Å². The van der Waals surface area contributed by atoms with Crippen molar-refractivity contribution in [2.45, 2.75) is 25.2 Å². The van der Waals surface area contributed by atoms with Crippen LogP contribution in [0.4, 0.5) is 0 Å². The number of thiocarbonyl (C=S) groups is 1. The molecule has 0 aliphatic rings. The molecule has 0 fully saturated rings. The quantitative estimate of drug-likeness (QED) is 0.558. The van der Waals surface area contributed by atoms with E-state index in [9.17, 15) is 8.42 Å². The summed E-state index contributed by atoms with van der Waals surface area (Å²) >= 11 is 4.91. The first kappa shape index (κ1) is 14.9. The normalized spacial score (nSPS) is 11.0. The fraction of sp³-hybridized carbons (Fsp3) is 0.364. The van der Waals surface area contributed by atoms with E-state index in [4.69, 9.17) is 12.2 Å². The van der Waals surface area contributed by atoms with Gasteiger partial charge in [-0.25, -0.2) is 8.42 Å². The minimum absolute atomic E-state index is 0.193. The van der Waals surface area contributed by atoms with Crippen molar-refractivity contribution in [2.75, 3.05) is 6.54 Å². The first-order valence-corrected chi connectivity index (χ1v) is 7.47. The highest BCUT2D eigenvalue weighted by molar-refractivity contribution is 7.89. The van der Waals surface area contributed by atoms with Gasteiger partial charge in [0, 0.05) is 6.54 Å². The molecule has 7 heteroatoms. The Morgan fingerprint density at radius 3 is 2.44 bits per heavy atom. The van der Waals surface area contributed by atoms with Crippen molar-refractivity contribution < 1.29 is 8.42 Å². The second-order valence-electron chi connectivity index (χ2n) is 3.80. The van der Waals surface area contributed by atoms with Crippen molar-refractivity contribution in [1.29, 1.82) is 0 Å². The first-order valence-electron chi connectivity index (χ1n) is 5.58. The molecule has 0 spiro atoms. The summed E-state index contributed by atoms with van der Waals surface area (Å²) in [6.45, 7) is 4.58. The molecule has 0 aliphatic heterocycles. The number of benzene rings is 1. The Bertz CT molecular complexity index is 498. The molecule has 1 aromatic carbocycles. The molecular formula is C11H17N3O2S2. The molecule has 100 valence electrons. The number of hydrogen-bond donors (Lipinski definition) is 3. The van der Waals surface area contributed by atoms with E-state index in [1.165, 1.54) is 0 Å². The van der Waals surface area contributed by atoms with Gasteiger partial charge in [-0.1, -0.05) is 24.6 Å². The van der Waals surface area contributed by atoms with Gasteiger partial charge in [-0.3, -0.25) is 5.43 Å². The second-order valence-corrected chi connectivity index (χ2v) is 5.89. The maximum absolute atomic E-state index is 11.9. The summed E-state index contributed by atoms with van der Waals surface area (Å²) < 4.78 is 23.7. The molecule has 18 heavy (non-hydrogen) atoms. The molecular weight excluding hydrogens is 270 g/mol. The Hall–Kier alpha value is -1.18. The van der Waals surface area contributed by atoms with E-state index >= 15 is 0 Å². The Morgan fingerprint density at radius 1 is 1.28 bits per heavy atom. The van der Waals surface area contributed by atoms with Gasteiger partial charge in [0.1, 0.15) is 0 Å². The van der Waals surface area contributed by atoms with Gasteiger partial charge in [-0.15, -0.1) is 4.83 Å². The number of hydrazine groups is 1. The number of sulfonamides is 1. The van der Waals surface area contributed by atoms with Crippen molar-refractivity contribution in [3.05, 3.63) is 29.8 Å². The maximum Gasteiger partial charge on any atom is 0.257 e. The largest absolute Gasteiger partial charge is 0.362 e. The van der Waals surface area contributed by atoms with Crippen LogP contribution >= 0.6 is 12.2 Å². The summed E-state index contributed by atoms with van der Waals surface area (Å²) in [5.74, 6) is 0. The molecule has 0 saturated carbocycles. The lowest BCUT2D eigenvalue weighted by molar-refractivity contribution is 0.576. The third-order valence-corrected chi connectivity index (χ3v) is 3.68. The van der Waals surface area contributed by atoms with Gasteiger partial charge in [0.2, 0.25) is 0 Å². The minimum atomic E-state index is -3.59. The molecule has 0 saturated heterocycles. The van der Waals surface area contributed by atoms with Crippen molar-refractivity contribution in [2.24, 2.45) is 0 Å². The van der Waals surface area contributed by atoms with Gasteiger partial charge in [-0.2, -0.15) is 0 Å². The van der Waals surface area contributed by atoms with Crippen LogP contribution in [0.3, 0.4) is 0 Å². The van der Waals surface area contributed by atoms with Crippen LogP contribution < -0.4 is 15.6 Å². The molecule has 1 rings (SSSR count). The van der Waals surface area contributed by atoms with Crippen LogP contribution in [0.5, 0.6) is 0 Å². The molecule has 0 aromatic heterocycles. The van der Waals surface area contributed by atoms with E-state index in [-0.39, 0.29) is 10.0 Å². The number of nitrogens with one attached hydrogen (secondary N) is 3. The van der Waals surface area contributed by atoms with Crippen LogP contribution in [-0.2, 0) is 10.0 Å². The molecule has 0 amide bonds. The van der Waals surface area contributed by atoms with E-state index in [0.717, 1.165) is 12.0 Å². The van der Waals surface area contributed by atoms with Gasteiger partial charge in [0.25, 0.3) is 10.0 Å². The zero-order chi connectivity index (χ0) is 13.6. The molecule has 0 bridgehead atoms. The molecule has 5 nitrogen and oxygen atoms in total. The van der Waals surface area contributed by atoms with Crippen molar-refractivity contribution in [1.82, 2.24) is 15.6 Å². The van der Waals surface area contributed by atoms with Crippen LogP contribution in [0.25, 0.3) is 0 Å². The van der Waals surface area contributed by atoms with Gasteiger partial charge in [0.05, 0.1) is 4.90 Å². The molecule has 0 heterocycles. The second kappa shape index (κ2) is 6.67. The Labute approximate surface area is 113 Å². The van der Waals surface area contributed by atoms with Crippen molar-refractivity contribution in [3.63, 3.8) is 0 Å². The molecule has 1 aromatic rings. The lowest BCUT2D eigenvalue weighted by Crippen LogP contribution is -2.46. The predicted molar refractivity (Wildman–Crippen MR) is 75.5 cm³/mol. The summed E-state index contributed by atoms with van der Waals surface area (Å²) in [5.41, 5.74) is 3.46. The topological polar surface area (TPSA) is 70.2 Å². The highest BCUT2D eigenvalue weighted by Crippen LogP contribution is 2.08. The van der Waals surface area contributed by atoms with Crippen LogP contribution in [0.1, 0.15) is 18.9 Å². The average molecular weight is 287 g/mol. The lowest BCUT2D eigenvalue weighted by Gasteiger charge is -2.11. The Balaban J connectivity index is 2.60. The molecule has 0 aliphatic carbocycles. The van der Waals surface area contributed by atoms with Crippen LogP contribution in [0, 0.1) is 6.92 Å². The summed E-state index contributed by atoms with van der Waals surface area (Å²) in [7, 11) is -3.59. The first-order chi connectivity index (χ1) is 8.45. The van der Waals surface area contributed by atoms with E-state index in [2.05, 4.69) is 15.6 Å². The van der Waals surface area contributed by atoms with Crippen LogP contribution in [0.15, 0.2) is 29.2 Å². The smallest absolute Gasteiger partial charge is 0.257 e. The summed E-state index contributed by atoms with van der Waals surface area (Å²) in [4.78, 5) is 2.42. The van der Waals surface area contributed by atoms with Gasteiger partial charge in [-0.05, 0) is 37.7 Å². The molecule has 0 unspecified atom stereocenters. The van der Waals surface area contributed by atoms with E-state index in [0.29, 0.717) is 6.54 Å². The molecule has 3 N–H and O–H groups in total. The van der Waals surface area contributed by atoms with E-state index in [1.807, 2.05) is 13.8 Å². The van der Waals surface area contributed by atoms with Crippen molar-refractivity contribution >= 4 is 27.4 Å². The zero-order valence-electron chi connectivity index (χ0n) is 10.4. The summed E-state index contributed by atoms with van der Waals surface area (Å²) in [5, 5.41) is 3.12. The maximum atomic E-state index is 11.9. The molecule has 0 radical (unpaired) electrons. The van der Waals surface area contributed by atoms with E-state index < -0.39 is 10.0 Å². The number of hydrogen-bond acceptors (Lipinski definition) is 3. The fourth-order valence-electron chi connectivity index (χ4n) is 1.17. The predicted octanol–water partition coefficient (Wildman–Crippen LogP) is 1.06. The lowest BCUT2D eigenvalue weighted by atomic mass is 10.2. The SMILES string of the molecule is CCCNC(=S)NNS(=O)(=O)c1ccc(C)cc1. The monoisotopic (exact) mass is 287 g/mol. The summed E-state index contributed by atoms with van der Waals surface area (Å²) in [6, 6.07) is 6.56. The fourth-order valence-corrected chi connectivity index (χ4v) is 2.24. The van der Waals surface area contributed by atoms with Crippen LogP contribution in [0.2, 0.25) is 0 Å². The molecule has 0 atom stereocenters. The third-order valence-electron chi connectivity index (χ3n) is 2.17. The third kappa shape index (κ3) is 4.59. The average Bonchev–Trinajstić information content (AvgIpc) is 2.34. The summed E-state index contributed by atoms with van der Waals surface area (Å²) in [6.07, 6.45) is 0.909. The number of rotatable bonds is 5. The Kier molecular flexibility index (Phi) is 5.52. The van der Waals surface area contributed by atoms with E-state index in [1.54, 1.807) is 24.3 Å². The Morgan fingerprint density at radius 2 is 1.89 bits per heavy atom. The van der Waals surface area contributed by atoms with Gasteiger partial charge < -0.3 is 5.32 Å². The minimum Gasteiger partial charge on any atom is -0.362 e. The standard InChI is InChI=1S/C11H17N3O2S2/c1-3-8-12-11(17)13-14-18(15,16)10-6-4-9(2)5-7-10/h4-7,14H,3,8H2,1-2H3,(H2,12,13,17). The van der Waals surface area contributed by atoms with Gasteiger partial charge >= 0.3 is 0 Å². The highest BCUT2D eigenvalue weighted by Gasteiger charge is 2.13. The van der Waals surface area contributed by atoms with Crippen LogP contribution in [-0.4, -0.2) is 20.1 Å².